The summed E-state index contributed by atoms with van der Waals surface area (Å²) in [5.74, 6) is 1.75. The minimum absolute atomic E-state index is 0.697. The van der Waals surface area contributed by atoms with Gasteiger partial charge < -0.3 is 10.1 Å². The van der Waals surface area contributed by atoms with Gasteiger partial charge in [0.25, 0.3) is 0 Å². The number of nitriles is 1. The van der Waals surface area contributed by atoms with Gasteiger partial charge in [0, 0.05) is 18.7 Å². The van der Waals surface area contributed by atoms with E-state index in [2.05, 4.69) is 17.5 Å². The van der Waals surface area contributed by atoms with Crippen LogP contribution in [0.2, 0.25) is 0 Å². The van der Waals surface area contributed by atoms with Crippen molar-refractivity contribution < 1.29 is 4.74 Å². The average Bonchev–Trinajstić information content (AvgIpc) is 3.39. The van der Waals surface area contributed by atoms with E-state index in [-0.39, 0.29) is 0 Å². The van der Waals surface area contributed by atoms with Gasteiger partial charge in [-0.15, -0.1) is 0 Å². The third-order valence-corrected chi connectivity index (χ3v) is 3.87. The second kappa shape index (κ2) is 7.11. The summed E-state index contributed by atoms with van der Waals surface area (Å²) in [4.78, 5) is 0. The molecule has 2 aromatic rings. The van der Waals surface area contributed by atoms with Crippen LogP contribution in [0.15, 0.2) is 48.5 Å². The summed E-state index contributed by atoms with van der Waals surface area (Å²) in [7, 11) is 0. The number of para-hydroxylation sites is 1. The van der Waals surface area contributed by atoms with Gasteiger partial charge in [-0.25, -0.2) is 0 Å². The van der Waals surface area contributed by atoms with E-state index in [9.17, 15) is 0 Å². The van der Waals surface area contributed by atoms with E-state index in [0.29, 0.717) is 5.56 Å². The molecule has 0 heterocycles. The Hall–Kier alpha value is -2.31. The molecule has 3 nitrogen and oxygen atoms in total. The minimum atomic E-state index is 0.697. The van der Waals surface area contributed by atoms with Gasteiger partial charge in [-0.2, -0.15) is 5.26 Å². The van der Waals surface area contributed by atoms with Crippen molar-refractivity contribution in [1.82, 2.24) is 5.32 Å². The summed E-state index contributed by atoms with van der Waals surface area (Å²) in [6.45, 7) is 2.40. The number of nitrogens with zero attached hydrogens (tertiary/aromatic N) is 1. The highest BCUT2D eigenvalue weighted by molar-refractivity contribution is 5.34. The lowest BCUT2D eigenvalue weighted by atomic mass is 10.1. The smallest absolute Gasteiger partial charge is 0.123 e. The Balaban J connectivity index is 1.52. The Morgan fingerprint density at radius 1 is 1.05 bits per heavy atom. The number of hydrogen-bond donors (Lipinski definition) is 1. The van der Waals surface area contributed by atoms with Gasteiger partial charge in [-0.1, -0.05) is 30.3 Å². The summed E-state index contributed by atoms with van der Waals surface area (Å²) in [6, 6.07) is 18.0. The second-order valence-corrected chi connectivity index (χ2v) is 5.77. The summed E-state index contributed by atoms with van der Waals surface area (Å²) < 4.78 is 5.92. The Bertz CT molecular complexity index is 654. The molecule has 1 aliphatic rings. The molecule has 0 bridgehead atoms. The maximum absolute atomic E-state index is 8.80. The van der Waals surface area contributed by atoms with Crippen LogP contribution in [0.1, 0.15) is 29.5 Å². The van der Waals surface area contributed by atoms with E-state index >= 15 is 0 Å². The van der Waals surface area contributed by atoms with Crippen LogP contribution in [-0.2, 0) is 13.1 Å². The third kappa shape index (κ3) is 4.09. The Kier molecular flexibility index (Phi) is 4.72. The summed E-state index contributed by atoms with van der Waals surface area (Å²) in [6.07, 6.45) is 2.61. The fourth-order valence-electron chi connectivity index (χ4n) is 2.32. The van der Waals surface area contributed by atoms with Crippen LogP contribution in [0.25, 0.3) is 0 Å². The largest absolute Gasteiger partial charge is 0.493 e. The Labute approximate surface area is 131 Å². The van der Waals surface area contributed by atoms with E-state index in [0.717, 1.165) is 31.4 Å². The van der Waals surface area contributed by atoms with Crippen LogP contribution < -0.4 is 10.1 Å². The second-order valence-electron chi connectivity index (χ2n) is 5.77. The molecule has 3 rings (SSSR count). The predicted molar refractivity (Wildman–Crippen MR) is 86.4 cm³/mol. The summed E-state index contributed by atoms with van der Waals surface area (Å²) >= 11 is 0. The van der Waals surface area contributed by atoms with Crippen LogP contribution in [0.3, 0.4) is 0 Å². The van der Waals surface area contributed by atoms with E-state index in [1.165, 1.54) is 24.0 Å². The predicted octanol–water partition coefficient (Wildman–Crippen LogP) is 3.64. The monoisotopic (exact) mass is 292 g/mol. The van der Waals surface area contributed by atoms with Gasteiger partial charge in [-0.3, -0.25) is 0 Å². The molecule has 0 saturated heterocycles. The molecule has 0 unspecified atom stereocenters. The molecule has 0 spiro atoms. The highest BCUT2D eigenvalue weighted by atomic mass is 16.5. The van der Waals surface area contributed by atoms with E-state index < -0.39 is 0 Å². The minimum Gasteiger partial charge on any atom is -0.493 e. The first-order valence-corrected chi connectivity index (χ1v) is 7.75. The molecule has 1 fully saturated rings. The van der Waals surface area contributed by atoms with Gasteiger partial charge in [0.1, 0.15) is 5.75 Å². The topological polar surface area (TPSA) is 45.0 Å². The fourth-order valence-corrected chi connectivity index (χ4v) is 2.32. The zero-order valence-corrected chi connectivity index (χ0v) is 12.6. The molecule has 0 aromatic heterocycles. The number of nitrogens with one attached hydrogen (secondary N) is 1. The van der Waals surface area contributed by atoms with Crippen LogP contribution in [0.5, 0.6) is 5.75 Å². The summed E-state index contributed by atoms with van der Waals surface area (Å²) in [5, 5.41) is 12.2. The first-order chi connectivity index (χ1) is 10.8. The number of rotatable bonds is 7. The zero-order chi connectivity index (χ0) is 15.2. The van der Waals surface area contributed by atoms with Gasteiger partial charge in [-0.05, 0) is 42.5 Å². The molecular weight excluding hydrogens is 272 g/mol. The van der Waals surface area contributed by atoms with Crippen molar-refractivity contribution in [1.29, 1.82) is 5.26 Å². The van der Waals surface area contributed by atoms with E-state index in [1.54, 1.807) is 0 Å². The number of hydrogen-bond acceptors (Lipinski definition) is 3. The molecular formula is C19H20N2O. The number of ether oxygens (including phenoxy) is 1. The van der Waals surface area contributed by atoms with Crippen molar-refractivity contribution in [3.63, 3.8) is 0 Å². The summed E-state index contributed by atoms with van der Waals surface area (Å²) in [5.41, 5.74) is 3.06. The molecule has 22 heavy (non-hydrogen) atoms. The maximum Gasteiger partial charge on any atom is 0.123 e. The quantitative estimate of drug-likeness (QED) is 0.847. The van der Waals surface area contributed by atoms with Crippen LogP contribution in [0, 0.1) is 17.2 Å². The van der Waals surface area contributed by atoms with Gasteiger partial charge in [0.15, 0.2) is 0 Å². The SMILES string of the molecule is N#Cc1ccc(CNCc2ccccc2OCC2CC2)cc1. The van der Waals surface area contributed by atoms with Gasteiger partial charge >= 0.3 is 0 Å². The molecule has 0 aliphatic heterocycles. The number of benzene rings is 2. The average molecular weight is 292 g/mol. The van der Waals surface area contributed by atoms with Crippen molar-refractivity contribution in [2.24, 2.45) is 5.92 Å². The fraction of sp³-hybridized carbons (Fsp3) is 0.316. The first-order valence-electron chi connectivity index (χ1n) is 7.75. The van der Waals surface area contributed by atoms with Crippen molar-refractivity contribution in [2.45, 2.75) is 25.9 Å². The van der Waals surface area contributed by atoms with Gasteiger partial charge in [0.2, 0.25) is 0 Å². The molecule has 1 aliphatic carbocycles. The van der Waals surface area contributed by atoms with Crippen LogP contribution >= 0.6 is 0 Å². The molecule has 3 heteroatoms. The van der Waals surface area contributed by atoms with E-state index in [1.807, 2.05) is 42.5 Å². The highest BCUT2D eigenvalue weighted by Gasteiger charge is 2.22. The van der Waals surface area contributed by atoms with Crippen molar-refractivity contribution in [2.75, 3.05) is 6.61 Å². The van der Waals surface area contributed by atoms with Crippen molar-refractivity contribution >= 4 is 0 Å². The lowest BCUT2D eigenvalue weighted by Gasteiger charge is -2.12. The third-order valence-electron chi connectivity index (χ3n) is 3.87. The molecule has 0 amide bonds. The Morgan fingerprint density at radius 3 is 2.55 bits per heavy atom. The van der Waals surface area contributed by atoms with E-state index in [4.69, 9.17) is 10.00 Å². The lowest BCUT2D eigenvalue weighted by molar-refractivity contribution is 0.296. The van der Waals surface area contributed by atoms with Crippen molar-refractivity contribution in [3.05, 3.63) is 65.2 Å². The Morgan fingerprint density at radius 2 is 1.82 bits per heavy atom. The van der Waals surface area contributed by atoms with Gasteiger partial charge in [0.05, 0.1) is 18.2 Å². The molecule has 0 radical (unpaired) electrons. The van der Waals surface area contributed by atoms with Crippen LogP contribution in [0.4, 0.5) is 0 Å². The molecule has 0 atom stereocenters. The molecule has 1 saturated carbocycles. The molecule has 112 valence electrons. The normalized spacial score (nSPS) is 13.6. The van der Waals surface area contributed by atoms with Crippen molar-refractivity contribution in [3.8, 4) is 11.8 Å². The lowest BCUT2D eigenvalue weighted by Crippen LogP contribution is -2.14. The standard InChI is InChI=1S/C19H20N2O/c20-11-15-5-7-16(8-6-15)12-21-13-18-3-1-2-4-19(18)22-14-17-9-10-17/h1-8,17,21H,9-10,12-14H2. The molecule has 1 N–H and O–H groups in total. The van der Waals surface area contributed by atoms with Crippen LogP contribution in [-0.4, -0.2) is 6.61 Å². The maximum atomic E-state index is 8.80. The first kappa shape index (κ1) is 14.6. The zero-order valence-electron chi connectivity index (χ0n) is 12.6. The molecule has 2 aromatic carbocycles. The highest BCUT2D eigenvalue weighted by Crippen LogP contribution is 2.30.